The zero-order chi connectivity index (χ0) is 11.3. The smallest absolute Gasteiger partial charge is 0.119 e. The Hall–Kier alpha value is -0.730. The number of rotatable bonds is 5. The van der Waals surface area contributed by atoms with E-state index < -0.39 is 0 Å². The third-order valence-corrected chi connectivity index (χ3v) is 2.64. The van der Waals surface area contributed by atoms with Crippen LogP contribution in [0, 0.1) is 12.8 Å². The highest BCUT2D eigenvalue weighted by Gasteiger charge is 2.03. The first-order chi connectivity index (χ1) is 7.13. The molecule has 2 nitrogen and oxygen atoms in total. The molecule has 0 saturated heterocycles. The molecule has 0 radical (unpaired) electrons. The summed E-state index contributed by atoms with van der Waals surface area (Å²) in [5, 5.41) is 3.91. The number of nitrogens with one attached hydrogen (secondary N) is 1. The molecule has 0 aliphatic carbocycles. The SMILES string of the molecule is CNCC(C)COc1ccc(Cl)c(C)c1. The molecule has 0 heterocycles. The highest BCUT2D eigenvalue weighted by molar-refractivity contribution is 6.31. The van der Waals surface area contributed by atoms with Gasteiger partial charge in [-0.3, -0.25) is 0 Å². The molecule has 3 heteroatoms. The number of ether oxygens (including phenoxy) is 1. The molecule has 0 saturated carbocycles. The van der Waals surface area contributed by atoms with E-state index in [9.17, 15) is 0 Å². The van der Waals surface area contributed by atoms with E-state index in [1.54, 1.807) is 0 Å². The van der Waals surface area contributed by atoms with E-state index in [-0.39, 0.29) is 0 Å². The summed E-state index contributed by atoms with van der Waals surface area (Å²) in [6, 6.07) is 5.74. The third-order valence-electron chi connectivity index (χ3n) is 2.22. The molecule has 0 bridgehead atoms. The van der Waals surface area contributed by atoms with Crippen LogP contribution in [0.4, 0.5) is 0 Å². The van der Waals surface area contributed by atoms with E-state index in [0.29, 0.717) is 5.92 Å². The highest BCUT2D eigenvalue weighted by atomic mass is 35.5. The van der Waals surface area contributed by atoms with Gasteiger partial charge in [-0.1, -0.05) is 18.5 Å². The Kier molecular flexibility index (Phi) is 4.92. The summed E-state index contributed by atoms with van der Waals surface area (Å²) in [4.78, 5) is 0. The van der Waals surface area contributed by atoms with Crippen LogP contribution in [0.5, 0.6) is 5.75 Å². The molecule has 0 aliphatic rings. The Morgan fingerprint density at radius 2 is 2.20 bits per heavy atom. The van der Waals surface area contributed by atoms with Gasteiger partial charge in [-0.05, 0) is 37.7 Å². The molecule has 0 aromatic heterocycles. The molecule has 1 rings (SSSR count). The number of benzene rings is 1. The molecule has 15 heavy (non-hydrogen) atoms. The minimum absolute atomic E-state index is 0.506. The Bertz CT molecular complexity index is 314. The van der Waals surface area contributed by atoms with Crippen LogP contribution >= 0.6 is 11.6 Å². The van der Waals surface area contributed by atoms with Gasteiger partial charge in [0, 0.05) is 17.5 Å². The number of halogens is 1. The van der Waals surface area contributed by atoms with Crippen LogP contribution in [0.2, 0.25) is 5.02 Å². The van der Waals surface area contributed by atoms with Crippen LogP contribution < -0.4 is 10.1 Å². The number of hydrogen-bond donors (Lipinski definition) is 1. The molecular weight excluding hydrogens is 210 g/mol. The van der Waals surface area contributed by atoms with Crippen molar-refractivity contribution in [2.45, 2.75) is 13.8 Å². The van der Waals surface area contributed by atoms with Crippen LogP contribution in [0.25, 0.3) is 0 Å². The molecule has 1 N–H and O–H groups in total. The van der Waals surface area contributed by atoms with Gasteiger partial charge in [0.1, 0.15) is 5.75 Å². The van der Waals surface area contributed by atoms with Crippen molar-refractivity contribution in [3.05, 3.63) is 28.8 Å². The van der Waals surface area contributed by atoms with Gasteiger partial charge in [0.15, 0.2) is 0 Å². The van der Waals surface area contributed by atoms with E-state index >= 15 is 0 Å². The van der Waals surface area contributed by atoms with Crippen molar-refractivity contribution in [1.82, 2.24) is 5.32 Å². The van der Waals surface area contributed by atoms with Crippen molar-refractivity contribution in [2.24, 2.45) is 5.92 Å². The molecule has 0 aliphatic heterocycles. The zero-order valence-electron chi connectivity index (χ0n) is 9.51. The lowest BCUT2D eigenvalue weighted by Crippen LogP contribution is -2.21. The van der Waals surface area contributed by atoms with Gasteiger partial charge in [-0.25, -0.2) is 0 Å². The summed E-state index contributed by atoms with van der Waals surface area (Å²) in [7, 11) is 1.95. The van der Waals surface area contributed by atoms with Gasteiger partial charge >= 0.3 is 0 Å². The molecule has 0 amide bonds. The summed E-state index contributed by atoms with van der Waals surface area (Å²) in [6.07, 6.45) is 0. The van der Waals surface area contributed by atoms with Crippen LogP contribution in [0.15, 0.2) is 18.2 Å². The fourth-order valence-electron chi connectivity index (χ4n) is 1.35. The van der Waals surface area contributed by atoms with Crippen molar-refractivity contribution in [2.75, 3.05) is 20.2 Å². The van der Waals surface area contributed by atoms with Gasteiger partial charge in [0.25, 0.3) is 0 Å². The van der Waals surface area contributed by atoms with Crippen molar-refractivity contribution >= 4 is 11.6 Å². The number of hydrogen-bond acceptors (Lipinski definition) is 2. The lowest BCUT2D eigenvalue weighted by Gasteiger charge is -2.13. The van der Waals surface area contributed by atoms with Crippen LogP contribution in [-0.2, 0) is 0 Å². The maximum absolute atomic E-state index is 5.93. The first kappa shape index (κ1) is 12.3. The van der Waals surface area contributed by atoms with E-state index in [4.69, 9.17) is 16.3 Å². The minimum atomic E-state index is 0.506. The topological polar surface area (TPSA) is 21.3 Å². The maximum atomic E-state index is 5.93. The molecule has 84 valence electrons. The summed E-state index contributed by atoms with van der Waals surface area (Å²) in [5.41, 5.74) is 1.05. The quantitative estimate of drug-likeness (QED) is 0.835. The van der Waals surface area contributed by atoms with Gasteiger partial charge in [-0.15, -0.1) is 0 Å². The van der Waals surface area contributed by atoms with E-state index in [1.807, 2.05) is 32.2 Å². The van der Waals surface area contributed by atoms with E-state index in [0.717, 1.165) is 29.5 Å². The fraction of sp³-hybridized carbons (Fsp3) is 0.500. The second-order valence-corrected chi connectivity index (χ2v) is 4.29. The Balaban J connectivity index is 2.47. The fourth-order valence-corrected chi connectivity index (χ4v) is 1.47. The predicted molar refractivity (Wildman–Crippen MR) is 64.8 cm³/mol. The van der Waals surface area contributed by atoms with E-state index in [2.05, 4.69) is 12.2 Å². The predicted octanol–water partition coefficient (Wildman–Crippen LogP) is 2.88. The molecule has 0 spiro atoms. The summed E-state index contributed by atoms with van der Waals surface area (Å²) >= 11 is 5.93. The highest BCUT2D eigenvalue weighted by Crippen LogP contribution is 2.21. The van der Waals surface area contributed by atoms with Gasteiger partial charge in [0.05, 0.1) is 6.61 Å². The first-order valence-corrected chi connectivity index (χ1v) is 5.55. The van der Waals surface area contributed by atoms with E-state index in [1.165, 1.54) is 0 Å². The third kappa shape index (κ3) is 4.10. The molecular formula is C12H18ClNO. The van der Waals surface area contributed by atoms with Gasteiger partial charge < -0.3 is 10.1 Å². The summed E-state index contributed by atoms with van der Waals surface area (Å²) in [6.45, 7) is 5.82. The lowest BCUT2D eigenvalue weighted by atomic mass is 10.2. The van der Waals surface area contributed by atoms with Crippen LogP contribution in [0.3, 0.4) is 0 Å². The molecule has 0 fully saturated rings. The molecule has 1 aromatic rings. The minimum Gasteiger partial charge on any atom is -0.493 e. The summed E-state index contributed by atoms with van der Waals surface area (Å²) in [5.74, 6) is 1.39. The molecule has 1 aromatic carbocycles. The van der Waals surface area contributed by atoms with Crippen molar-refractivity contribution < 1.29 is 4.74 Å². The largest absolute Gasteiger partial charge is 0.493 e. The number of aryl methyl sites for hydroxylation is 1. The lowest BCUT2D eigenvalue weighted by molar-refractivity contribution is 0.258. The monoisotopic (exact) mass is 227 g/mol. The molecule has 1 unspecified atom stereocenters. The second kappa shape index (κ2) is 5.99. The normalized spacial score (nSPS) is 12.5. The summed E-state index contributed by atoms with van der Waals surface area (Å²) < 4.78 is 5.66. The Morgan fingerprint density at radius 3 is 2.80 bits per heavy atom. The zero-order valence-corrected chi connectivity index (χ0v) is 10.3. The average molecular weight is 228 g/mol. The van der Waals surface area contributed by atoms with Crippen LogP contribution in [-0.4, -0.2) is 20.2 Å². The van der Waals surface area contributed by atoms with Crippen molar-refractivity contribution in [1.29, 1.82) is 0 Å². The first-order valence-electron chi connectivity index (χ1n) is 5.17. The standard InChI is InChI=1S/C12H18ClNO/c1-9(7-14-3)8-15-11-4-5-12(13)10(2)6-11/h4-6,9,14H,7-8H2,1-3H3. The molecule has 1 atom stereocenters. The van der Waals surface area contributed by atoms with Crippen molar-refractivity contribution in [3.63, 3.8) is 0 Å². The van der Waals surface area contributed by atoms with Gasteiger partial charge in [-0.2, -0.15) is 0 Å². The Labute approximate surface area is 96.6 Å². The Morgan fingerprint density at radius 1 is 1.47 bits per heavy atom. The second-order valence-electron chi connectivity index (χ2n) is 3.88. The van der Waals surface area contributed by atoms with Crippen molar-refractivity contribution in [3.8, 4) is 5.75 Å². The van der Waals surface area contributed by atoms with Gasteiger partial charge in [0.2, 0.25) is 0 Å². The van der Waals surface area contributed by atoms with Crippen LogP contribution in [0.1, 0.15) is 12.5 Å². The average Bonchev–Trinajstić information content (AvgIpc) is 2.20. The maximum Gasteiger partial charge on any atom is 0.119 e.